The van der Waals surface area contributed by atoms with Crippen molar-refractivity contribution < 1.29 is 27.5 Å². The molecule has 1 aromatic heterocycles. The van der Waals surface area contributed by atoms with Crippen LogP contribution in [0.1, 0.15) is 11.1 Å². The number of carbonyl (C=O) groups is 2. The van der Waals surface area contributed by atoms with E-state index in [1.54, 1.807) is 48.6 Å². The number of hydrogen-bond acceptors (Lipinski definition) is 5. The molecule has 0 spiro atoms. The number of methoxy groups -OCH3 is 1. The highest BCUT2D eigenvalue weighted by Gasteiger charge is 2.63. The zero-order valence-electron chi connectivity index (χ0n) is 14.6. The standard InChI is InChI=1S/C18H18F3N3O3/c1-12-8-9-22-14(10-12)23-17(16(26)27-2,18(19,20)21)24-15(25)11-13-6-4-3-5-7-13/h3-10H,11H2,1-2H3,(H,22,23)(H,24,25)/t17-/m1/s1. The minimum Gasteiger partial charge on any atom is -0.466 e. The van der Waals surface area contributed by atoms with Crippen molar-refractivity contribution in [3.8, 4) is 0 Å². The molecule has 0 bridgehead atoms. The van der Waals surface area contributed by atoms with Crippen molar-refractivity contribution in [2.45, 2.75) is 25.2 Å². The van der Waals surface area contributed by atoms with E-state index >= 15 is 0 Å². The molecule has 0 aliphatic carbocycles. The van der Waals surface area contributed by atoms with Gasteiger partial charge in [0.25, 0.3) is 0 Å². The highest BCUT2D eigenvalue weighted by atomic mass is 19.4. The van der Waals surface area contributed by atoms with Gasteiger partial charge in [0.05, 0.1) is 13.5 Å². The largest absolute Gasteiger partial charge is 0.466 e. The molecular formula is C18H18F3N3O3. The van der Waals surface area contributed by atoms with Crippen LogP contribution < -0.4 is 10.6 Å². The van der Waals surface area contributed by atoms with Crippen LogP contribution in [0.5, 0.6) is 0 Å². The average molecular weight is 381 g/mol. The first kappa shape index (κ1) is 20.2. The van der Waals surface area contributed by atoms with Crippen LogP contribution in [-0.2, 0) is 20.7 Å². The van der Waals surface area contributed by atoms with E-state index < -0.39 is 23.7 Å². The van der Waals surface area contributed by atoms with E-state index in [0.29, 0.717) is 11.1 Å². The maximum Gasteiger partial charge on any atom is 0.441 e. The number of ether oxygens (including phenoxy) is 1. The van der Waals surface area contributed by atoms with Gasteiger partial charge in [-0.2, -0.15) is 13.2 Å². The second kappa shape index (κ2) is 8.07. The van der Waals surface area contributed by atoms with Crippen LogP contribution in [0.25, 0.3) is 0 Å². The third kappa shape index (κ3) is 4.75. The highest BCUT2D eigenvalue weighted by Crippen LogP contribution is 2.32. The third-order valence-corrected chi connectivity index (χ3v) is 3.68. The molecule has 0 aliphatic heterocycles. The van der Waals surface area contributed by atoms with Crippen molar-refractivity contribution in [3.63, 3.8) is 0 Å². The summed E-state index contributed by atoms with van der Waals surface area (Å²) in [7, 11) is 0.803. The molecule has 0 saturated carbocycles. The Hall–Kier alpha value is -3.10. The van der Waals surface area contributed by atoms with Gasteiger partial charge >= 0.3 is 17.8 Å². The predicted molar refractivity (Wildman–Crippen MR) is 91.7 cm³/mol. The second-order valence-corrected chi connectivity index (χ2v) is 5.79. The van der Waals surface area contributed by atoms with Gasteiger partial charge in [0.1, 0.15) is 5.82 Å². The Morgan fingerprint density at radius 3 is 2.37 bits per heavy atom. The first-order chi connectivity index (χ1) is 12.7. The number of hydrogen-bond donors (Lipinski definition) is 2. The Morgan fingerprint density at radius 2 is 1.81 bits per heavy atom. The number of nitrogens with one attached hydrogen (secondary N) is 2. The molecule has 0 unspecified atom stereocenters. The quantitative estimate of drug-likeness (QED) is 0.594. The molecular weight excluding hydrogens is 363 g/mol. The number of esters is 1. The number of alkyl halides is 3. The molecule has 1 amide bonds. The van der Waals surface area contributed by atoms with Gasteiger partial charge < -0.3 is 15.4 Å². The summed E-state index contributed by atoms with van der Waals surface area (Å²) in [6.07, 6.45) is -4.27. The summed E-state index contributed by atoms with van der Waals surface area (Å²) in [5.41, 5.74) is -2.37. The molecule has 1 heterocycles. The van der Waals surface area contributed by atoms with Crippen LogP contribution in [-0.4, -0.2) is 35.8 Å². The van der Waals surface area contributed by atoms with Crippen LogP contribution in [0.15, 0.2) is 48.7 Å². The van der Waals surface area contributed by atoms with E-state index in [4.69, 9.17) is 0 Å². The number of aryl methyl sites for hydroxylation is 1. The Labute approximate surface area is 153 Å². The van der Waals surface area contributed by atoms with Gasteiger partial charge in [0.2, 0.25) is 5.91 Å². The van der Waals surface area contributed by atoms with Crippen molar-refractivity contribution >= 4 is 17.7 Å². The average Bonchev–Trinajstić information content (AvgIpc) is 2.60. The Balaban J connectivity index is 2.38. The number of anilines is 1. The lowest BCUT2D eigenvalue weighted by molar-refractivity contribution is -0.206. The number of nitrogens with zero attached hydrogens (tertiary/aromatic N) is 1. The molecule has 2 N–H and O–H groups in total. The Bertz CT molecular complexity index is 812. The zero-order chi connectivity index (χ0) is 20.1. The fourth-order valence-electron chi connectivity index (χ4n) is 2.38. The fraction of sp³-hybridized carbons (Fsp3) is 0.278. The minimum atomic E-state index is -5.20. The molecule has 0 radical (unpaired) electrons. The Morgan fingerprint density at radius 1 is 1.15 bits per heavy atom. The normalized spacial score (nSPS) is 13.4. The summed E-state index contributed by atoms with van der Waals surface area (Å²) in [5.74, 6) is -2.96. The molecule has 0 fully saturated rings. The lowest BCUT2D eigenvalue weighted by Gasteiger charge is -2.34. The summed E-state index contributed by atoms with van der Waals surface area (Å²) in [5, 5.41) is 3.75. The van der Waals surface area contributed by atoms with Crippen molar-refractivity contribution in [1.29, 1.82) is 0 Å². The summed E-state index contributed by atoms with van der Waals surface area (Å²) in [6.45, 7) is 1.65. The van der Waals surface area contributed by atoms with Crippen molar-refractivity contribution in [1.82, 2.24) is 10.3 Å². The molecule has 1 aromatic carbocycles. The monoisotopic (exact) mass is 381 g/mol. The molecule has 6 nitrogen and oxygen atoms in total. The maximum atomic E-state index is 13.9. The molecule has 144 valence electrons. The molecule has 2 aromatic rings. The second-order valence-electron chi connectivity index (χ2n) is 5.79. The molecule has 1 atom stereocenters. The van der Waals surface area contributed by atoms with Crippen LogP contribution in [0, 0.1) is 6.92 Å². The molecule has 0 saturated heterocycles. The summed E-state index contributed by atoms with van der Waals surface area (Å²) >= 11 is 0. The summed E-state index contributed by atoms with van der Waals surface area (Å²) < 4.78 is 46.0. The van der Waals surface area contributed by atoms with Gasteiger partial charge in [0, 0.05) is 6.20 Å². The molecule has 27 heavy (non-hydrogen) atoms. The SMILES string of the molecule is COC(=O)[C@](NC(=O)Cc1ccccc1)(Nc1cc(C)ccn1)C(F)(F)F. The maximum absolute atomic E-state index is 13.9. The van der Waals surface area contributed by atoms with E-state index in [9.17, 15) is 22.8 Å². The molecule has 0 aliphatic rings. The Kier molecular flexibility index (Phi) is 6.04. The smallest absolute Gasteiger partial charge is 0.441 e. The van der Waals surface area contributed by atoms with Gasteiger partial charge in [-0.25, -0.2) is 9.78 Å². The van der Waals surface area contributed by atoms with Gasteiger partial charge in [-0.15, -0.1) is 0 Å². The topological polar surface area (TPSA) is 80.3 Å². The third-order valence-electron chi connectivity index (χ3n) is 3.68. The van der Waals surface area contributed by atoms with Crippen molar-refractivity contribution in [2.24, 2.45) is 0 Å². The number of aromatic nitrogens is 1. The van der Waals surface area contributed by atoms with E-state index in [-0.39, 0.29) is 12.2 Å². The van der Waals surface area contributed by atoms with Gasteiger partial charge in [-0.1, -0.05) is 30.3 Å². The highest BCUT2D eigenvalue weighted by molar-refractivity contribution is 5.91. The van der Waals surface area contributed by atoms with Crippen molar-refractivity contribution in [2.75, 3.05) is 12.4 Å². The lowest BCUT2D eigenvalue weighted by atomic mass is 10.1. The number of carbonyl (C=O) groups excluding carboxylic acids is 2. The van der Waals surface area contributed by atoms with Gasteiger partial charge in [-0.3, -0.25) is 4.79 Å². The summed E-state index contributed by atoms with van der Waals surface area (Å²) in [4.78, 5) is 28.2. The van der Waals surface area contributed by atoms with Gasteiger partial charge in [-0.05, 0) is 30.2 Å². The van der Waals surface area contributed by atoms with Crippen LogP contribution >= 0.6 is 0 Å². The van der Waals surface area contributed by atoms with Crippen molar-refractivity contribution in [3.05, 3.63) is 59.8 Å². The first-order valence-electron chi connectivity index (χ1n) is 7.89. The zero-order valence-corrected chi connectivity index (χ0v) is 14.6. The predicted octanol–water partition coefficient (Wildman–Crippen LogP) is 2.59. The molecule has 9 heteroatoms. The number of benzene rings is 1. The van der Waals surface area contributed by atoms with E-state index in [0.717, 1.165) is 7.11 Å². The van der Waals surface area contributed by atoms with E-state index in [1.165, 1.54) is 12.3 Å². The number of amides is 1. The number of halogens is 3. The number of rotatable bonds is 6. The first-order valence-corrected chi connectivity index (χ1v) is 7.89. The van der Waals surface area contributed by atoms with Crippen LogP contribution in [0.2, 0.25) is 0 Å². The summed E-state index contributed by atoms with van der Waals surface area (Å²) in [6, 6.07) is 11.1. The van der Waals surface area contributed by atoms with Crippen LogP contribution in [0.3, 0.4) is 0 Å². The van der Waals surface area contributed by atoms with E-state index in [1.807, 2.05) is 5.32 Å². The fourth-order valence-corrected chi connectivity index (χ4v) is 2.38. The van der Waals surface area contributed by atoms with Crippen LogP contribution in [0.4, 0.5) is 19.0 Å². The van der Waals surface area contributed by atoms with E-state index in [2.05, 4.69) is 9.72 Å². The number of pyridine rings is 1. The lowest BCUT2D eigenvalue weighted by Crippen LogP contribution is -2.69. The minimum absolute atomic E-state index is 0.238. The van der Waals surface area contributed by atoms with Gasteiger partial charge in [0.15, 0.2) is 0 Å². The molecule has 2 rings (SSSR count).